The van der Waals surface area contributed by atoms with Crippen LogP contribution in [0.3, 0.4) is 0 Å². The molecule has 98 valence electrons. The van der Waals surface area contributed by atoms with Crippen molar-refractivity contribution in [1.82, 2.24) is 4.98 Å². The van der Waals surface area contributed by atoms with E-state index in [2.05, 4.69) is 14.5 Å². The number of carbonyl (C=O) groups is 2. The van der Waals surface area contributed by atoms with Gasteiger partial charge in [0, 0.05) is 17.1 Å². The van der Waals surface area contributed by atoms with Gasteiger partial charge in [-0.25, -0.2) is 9.59 Å². The van der Waals surface area contributed by atoms with E-state index in [0.29, 0.717) is 0 Å². The first-order chi connectivity index (χ1) is 9.17. The van der Waals surface area contributed by atoms with Crippen LogP contribution in [0.1, 0.15) is 5.56 Å². The summed E-state index contributed by atoms with van der Waals surface area (Å²) >= 11 is 0. The largest absolute Gasteiger partial charge is 0.465 e. The second-order valence-electron chi connectivity index (χ2n) is 3.83. The number of H-pyrrole nitrogens is 1. The lowest BCUT2D eigenvalue weighted by Gasteiger charge is -2.04. The quantitative estimate of drug-likeness (QED) is 0.395. The maximum absolute atomic E-state index is 11.6. The van der Waals surface area contributed by atoms with Gasteiger partial charge >= 0.3 is 11.9 Å². The van der Waals surface area contributed by atoms with Crippen molar-refractivity contribution in [3.05, 3.63) is 41.6 Å². The zero-order valence-corrected chi connectivity index (χ0v) is 10.6. The highest BCUT2D eigenvalue weighted by molar-refractivity contribution is 6.18. The Morgan fingerprint density at radius 2 is 1.79 bits per heavy atom. The van der Waals surface area contributed by atoms with E-state index in [-0.39, 0.29) is 5.57 Å². The van der Waals surface area contributed by atoms with Gasteiger partial charge in [-0.3, -0.25) is 0 Å². The zero-order chi connectivity index (χ0) is 13.8. The lowest BCUT2D eigenvalue weighted by atomic mass is 10.1. The third kappa shape index (κ3) is 2.49. The van der Waals surface area contributed by atoms with Crippen LogP contribution in [-0.2, 0) is 19.1 Å². The number of hydrogen-bond donors (Lipinski definition) is 1. The molecule has 0 amide bonds. The number of nitrogens with one attached hydrogen (secondary N) is 1. The average molecular weight is 259 g/mol. The average Bonchev–Trinajstić information content (AvgIpc) is 2.92. The van der Waals surface area contributed by atoms with Crippen LogP contribution in [-0.4, -0.2) is 31.1 Å². The molecule has 1 heterocycles. The predicted octanol–water partition coefficient (Wildman–Crippen LogP) is 1.90. The summed E-state index contributed by atoms with van der Waals surface area (Å²) in [6, 6.07) is 7.41. The molecular formula is C14H13NO4. The van der Waals surface area contributed by atoms with Gasteiger partial charge in [-0.1, -0.05) is 12.1 Å². The van der Waals surface area contributed by atoms with E-state index in [4.69, 9.17) is 0 Å². The molecular weight excluding hydrogens is 246 g/mol. The van der Waals surface area contributed by atoms with Gasteiger partial charge in [-0.2, -0.15) is 0 Å². The van der Waals surface area contributed by atoms with E-state index < -0.39 is 11.9 Å². The van der Waals surface area contributed by atoms with Gasteiger partial charge < -0.3 is 14.5 Å². The Morgan fingerprint density at radius 1 is 1.11 bits per heavy atom. The molecule has 0 saturated heterocycles. The van der Waals surface area contributed by atoms with Gasteiger partial charge in [0.15, 0.2) is 0 Å². The summed E-state index contributed by atoms with van der Waals surface area (Å²) in [5.74, 6) is -1.45. The van der Waals surface area contributed by atoms with Crippen LogP contribution < -0.4 is 0 Å². The zero-order valence-electron chi connectivity index (χ0n) is 10.6. The fourth-order valence-corrected chi connectivity index (χ4v) is 1.81. The molecule has 19 heavy (non-hydrogen) atoms. The summed E-state index contributed by atoms with van der Waals surface area (Å²) < 4.78 is 9.17. The molecule has 0 spiro atoms. The van der Waals surface area contributed by atoms with Gasteiger partial charge in [0.2, 0.25) is 0 Å². The highest BCUT2D eigenvalue weighted by Gasteiger charge is 2.20. The molecule has 0 fully saturated rings. The number of rotatable bonds is 3. The Morgan fingerprint density at radius 3 is 2.42 bits per heavy atom. The van der Waals surface area contributed by atoms with E-state index in [1.165, 1.54) is 20.3 Å². The molecule has 0 radical (unpaired) electrons. The summed E-state index contributed by atoms with van der Waals surface area (Å²) in [4.78, 5) is 26.2. The van der Waals surface area contributed by atoms with Gasteiger partial charge in [0.1, 0.15) is 5.57 Å². The van der Waals surface area contributed by atoms with Crippen molar-refractivity contribution in [2.24, 2.45) is 0 Å². The lowest BCUT2D eigenvalue weighted by molar-refractivity contribution is -0.143. The van der Waals surface area contributed by atoms with E-state index in [9.17, 15) is 9.59 Å². The van der Waals surface area contributed by atoms with Gasteiger partial charge in [-0.05, 0) is 23.8 Å². The summed E-state index contributed by atoms with van der Waals surface area (Å²) in [5.41, 5.74) is 1.52. The van der Waals surface area contributed by atoms with E-state index >= 15 is 0 Å². The van der Waals surface area contributed by atoms with E-state index in [0.717, 1.165) is 16.5 Å². The first kappa shape index (κ1) is 12.9. The SMILES string of the molecule is COC(=O)C(=Cc1cccc2[nH]ccc12)C(=O)OC. The molecule has 0 aliphatic rings. The van der Waals surface area contributed by atoms with Crippen LogP contribution in [0.5, 0.6) is 0 Å². The molecule has 0 aliphatic carbocycles. The third-order valence-corrected chi connectivity index (χ3v) is 2.74. The second kappa shape index (κ2) is 5.39. The van der Waals surface area contributed by atoms with Crippen LogP contribution >= 0.6 is 0 Å². The topological polar surface area (TPSA) is 68.4 Å². The molecule has 5 heteroatoms. The molecule has 0 bridgehead atoms. The summed E-state index contributed by atoms with van der Waals surface area (Å²) in [6.45, 7) is 0. The highest BCUT2D eigenvalue weighted by Crippen LogP contribution is 2.20. The number of hydrogen-bond acceptors (Lipinski definition) is 4. The Kier molecular flexibility index (Phi) is 3.66. The van der Waals surface area contributed by atoms with Crippen molar-refractivity contribution >= 4 is 28.9 Å². The smallest absolute Gasteiger partial charge is 0.345 e. The summed E-state index contributed by atoms with van der Waals surface area (Å²) in [7, 11) is 2.44. The van der Waals surface area contributed by atoms with Crippen molar-refractivity contribution in [2.45, 2.75) is 0 Å². The fraction of sp³-hybridized carbons (Fsp3) is 0.143. The lowest BCUT2D eigenvalue weighted by Crippen LogP contribution is -2.15. The molecule has 5 nitrogen and oxygen atoms in total. The van der Waals surface area contributed by atoms with Crippen molar-refractivity contribution in [3.8, 4) is 0 Å². The van der Waals surface area contributed by atoms with Crippen molar-refractivity contribution in [3.63, 3.8) is 0 Å². The number of benzene rings is 1. The maximum atomic E-state index is 11.6. The number of esters is 2. The fourth-order valence-electron chi connectivity index (χ4n) is 1.81. The molecule has 1 N–H and O–H groups in total. The minimum Gasteiger partial charge on any atom is -0.465 e. The molecule has 1 aromatic carbocycles. The minimum absolute atomic E-state index is 0.140. The normalized spacial score (nSPS) is 10.0. The van der Waals surface area contributed by atoms with Crippen LogP contribution in [0.25, 0.3) is 17.0 Å². The van der Waals surface area contributed by atoms with Crippen LogP contribution in [0, 0.1) is 0 Å². The minimum atomic E-state index is -0.723. The van der Waals surface area contributed by atoms with Crippen molar-refractivity contribution in [2.75, 3.05) is 14.2 Å². The number of carbonyl (C=O) groups excluding carboxylic acids is 2. The van der Waals surface area contributed by atoms with Gasteiger partial charge in [0.05, 0.1) is 14.2 Å². The number of aromatic nitrogens is 1. The Balaban J connectivity index is 2.54. The summed E-state index contributed by atoms with van der Waals surface area (Å²) in [5, 5.41) is 0.910. The maximum Gasteiger partial charge on any atom is 0.345 e. The number of ether oxygens (including phenoxy) is 2. The Labute approximate surface area is 109 Å². The van der Waals surface area contributed by atoms with E-state index in [1.54, 1.807) is 6.20 Å². The first-order valence-electron chi connectivity index (χ1n) is 5.62. The first-order valence-corrected chi connectivity index (χ1v) is 5.62. The molecule has 2 aromatic rings. The molecule has 2 rings (SSSR count). The predicted molar refractivity (Wildman–Crippen MR) is 70.3 cm³/mol. The second-order valence-corrected chi connectivity index (χ2v) is 3.83. The van der Waals surface area contributed by atoms with Crippen LogP contribution in [0.4, 0.5) is 0 Å². The van der Waals surface area contributed by atoms with Crippen LogP contribution in [0.2, 0.25) is 0 Å². The standard InChI is InChI=1S/C14H13NO4/c1-18-13(16)11(14(17)19-2)8-9-4-3-5-12-10(9)6-7-15-12/h3-8,15H,1-2H3. The molecule has 0 atom stereocenters. The molecule has 0 aliphatic heterocycles. The number of fused-ring (bicyclic) bond motifs is 1. The van der Waals surface area contributed by atoms with Crippen molar-refractivity contribution < 1.29 is 19.1 Å². The van der Waals surface area contributed by atoms with E-state index in [1.807, 2.05) is 24.3 Å². The summed E-state index contributed by atoms with van der Waals surface area (Å²) in [6.07, 6.45) is 3.26. The number of methoxy groups -OCH3 is 2. The van der Waals surface area contributed by atoms with Crippen LogP contribution in [0.15, 0.2) is 36.0 Å². The molecule has 0 saturated carbocycles. The Hall–Kier alpha value is -2.56. The Bertz CT molecular complexity index is 636. The molecule has 1 aromatic heterocycles. The monoisotopic (exact) mass is 259 g/mol. The molecule has 0 unspecified atom stereocenters. The van der Waals surface area contributed by atoms with Gasteiger partial charge in [-0.15, -0.1) is 0 Å². The number of aromatic amines is 1. The highest BCUT2D eigenvalue weighted by atomic mass is 16.5. The third-order valence-electron chi connectivity index (χ3n) is 2.74. The van der Waals surface area contributed by atoms with Crippen molar-refractivity contribution in [1.29, 1.82) is 0 Å². The van der Waals surface area contributed by atoms with Gasteiger partial charge in [0.25, 0.3) is 0 Å².